The minimum atomic E-state index is -0.208. The van der Waals surface area contributed by atoms with E-state index >= 15 is 0 Å². The molecule has 1 N–H and O–H groups in total. The van der Waals surface area contributed by atoms with Gasteiger partial charge in [0.25, 0.3) is 0 Å². The Labute approximate surface area is 89.4 Å². The van der Waals surface area contributed by atoms with E-state index in [4.69, 9.17) is 0 Å². The Morgan fingerprint density at radius 3 is 2.47 bits per heavy atom. The highest BCUT2D eigenvalue weighted by Gasteiger charge is 2.30. The Balaban J connectivity index is 1.93. The van der Waals surface area contributed by atoms with Crippen molar-refractivity contribution in [3.63, 3.8) is 0 Å². The van der Waals surface area contributed by atoms with Crippen molar-refractivity contribution < 1.29 is 9.59 Å². The van der Waals surface area contributed by atoms with Gasteiger partial charge < -0.3 is 9.80 Å². The van der Waals surface area contributed by atoms with Gasteiger partial charge in [0.05, 0.1) is 0 Å². The SMILES string of the molecule is CN1CCC(N2CCC(=O)NC2=O)CC1. The normalized spacial score (nSPS) is 25.5. The number of piperidine rings is 1. The lowest BCUT2D eigenvalue weighted by molar-refractivity contribution is -0.121. The van der Waals surface area contributed by atoms with Crippen LogP contribution in [0.4, 0.5) is 4.79 Å². The lowest BCUT2D eigenvalue weighted by atomic mass is 10.0. The average molecular weight is 211 g/mol. The number of amides is 3. The maximum atomic E-state index is 11.6. The van der Waals surface area contributed by atoms with Crippen molar-refractivity contribution in [1.29, 1.82) is 0 Å². The molecule has 2 heterocycles. The second-order valence-corrected chi connectivity index (χ2v) is 4.33. The molecule has 0 aromatic carbocycles. The van der Waals surface area contributed by atoms with Crippen LogP contribution in [-0.4, -0.2) is 54.5 Å². The molecule has 0 spiro atoms. The van der Waals surface area contributed by atoms with E-state index < -0.39 is 0 Å². The monoisotopic (exact) mass is 211 g/mol. The first-order valence-electron chi connectivity index (χ1n) is 5.46. The van der Waals surface area contributed by atoms with E-state index in [9.17, 15) is 9.59 Å². The van der Waals surface area contributed by atoms with Crippen molar-refractivity contribution in [3.05, 3.63) is 0 Å². The molecule has 15 heavy (non-hydrogen) atoms. The number of hydrogen-bond donors (Lipinski definition) is 1. The summed E-state index contributed by atoms with van der Waals surface area (Å²) in [5.74, 6) is -0.149. The molecule has 0 aliphatic carbocycles. The fraction of sp³-hybridized carbons (Fsp3) is 0.800. The topological polar surface area (TPSA) is 52.6 Å². The third kappa shape index (κ3) is 2.28. The molecule has 0 aromatic rings. The summed E-state index contributed by atoms with van der Waals surface area (Å²) in [5, 5.41) is 2.37. The Kier molecular flexibility index (Phi) is 2.90. The molecule has 0 saturated carbocycles. The Bertz CT molecular complexity index is 272. The summed E-state index contributed by atoms with van der Waals surface area (Å²) in [6.07, 6.45) is 2.47. The maximum absolute atomic E-state index is 11.6. The first-order valence-corrected chi connectivity index (χ1v) is 5.46. The standard InChI is InChI=1S/C10H17N3O2/c1-12-5-2-8(3-6-12)13-7-4-9(14)11-10(13)15/h8H,2-7H2,1H3,(H,11,14,15). The molecule has 0 bridgehead atoms. The van der Waals surface area contributed by atoms with E-state index in [1.165, 1.54) is 0 Å². The van der Waals surface area contributed by atoms with Crippen molar-refractivity contribution in [2.45, 2.75) is 25.3 Å². The van der Waals surface area contributed by atoms with Gasteiger partial charge in [0.15, 0.2) is 0 Å². The number of carbonyl (C=O) groups is 2. The number of likely N-dealkylation sites (tertiary alicyclic amines) is 1. The number of nitrogens with one attached hydrogen (secondary N) is 1. The molecule has 0 unspecified atom stereocenters. The summed E-state index contributed by atoms with van der Waals surface area (Å²) >= 11 is 0. The Morgan fingerprint density at radius 2 is 1.87 bits per heavy atom. The first-order chi connectivity index (χ1) is 7.16. The number of imide groups is 1. The van der Waals surface area contributed by atoms with Crippen molar-refractivity contribution in [1.82, 2.24) is 15.1 Å². The van der Waals surface area contributed by atoms with E-state index in [0.29, 0.717) is 19.0 Å². The van der Waals surface area contributed by atoms with E-state index in [-0.39, 0.29) is 11.9 Å². The molecule has 2 aliphatic heterocycles. The van der Waals surface area contributed by atoms with Gasteiger partial charge in [-0.15, -0.1) is 0 Å². The van der Waals surface area contributed by atoms with Gasteiger partial charge in [0.2, 0.25) is 5.91 Å². The van der Waals surface area contributed by atoms with Crippen molar-refractivity contribution >= 4 is 11.9 Å². The molecule has 0 atom stereocenters. The van der Waals surface area contributed by atoms with E-state index in [0.717, 1.165) is 25.9 Å². The van der Waals surface area contributed by atoms with Crippen molar-refractivity contribution in [2.24, 2.45) is 0 Å². The molecule has 84 valence electrons. The van der Waals surface area contributed by atoms with Crippen LogP contribution in [0.15, 0.2) is 0 Å². The smallest absolute Gasteiger partial charge is 0.321 e. The Hall–Kier alpha value is -1.10. The highest BCUT2D eigenvalue weighted by Crippen LogP contribution is 2.17. The van der Waals surface area contributed by atoms with Gasteiger partial charge in [-0.25, -0.2) is 4.79 Å². The van der Waals surface area contributed by atoms with E-state index in [1.54, 1.807) is 0 Å². The third-order valence-electron chi connectivity index (χ3n) is 3.22. The fourth-order valence-corrected chi connectivity index (χ4v) is 2.23. The van der Waals surface area contributed by atoms with Gasteiger partial charge in [-0.3, -0.25) is 10.1 Å². The lowest BCUT2D eigenvalue weighted by Gasteiger charge is -2.38. The number of urea groups is 1. The van der Waals surface area contributed by atoms with Gasteiger partial charge in [-0.05, 0) is 33.0 Å². The summed E-state index contributed by atoms with van der Waals surface area (Å²) in [5.41, 5.74) is 0. The zero-order chi connectivity index (χ0) is 10.8. The lowest BCUT2D eigenvalue weighted by Crippen LogP contribution is -2.55. The summed E-state index contributed by atoms with van der Waals surface area (Å²) in [6.45, 7) is 2.64. The summed E-state index contributed by atoms with van der Waals surface area (Å²) in [6, 6.07) is 0.107. The van der Waals surface area contributed by atoms with Crippen molar-refractivity contribution in [3.8, 4) is 0 Å². The maximum Gasteiger partial charge on any atom is 0.324 e. The van der Waals surface area contributed by atoms with Crippen LogP contribution in [0.1, 0.15) is 19.3 Å². The highest BCUT2D eigenvalue weighted by atomic mass is 16.2. The average Bonchev–Trinajstić information content (AvgIpc) is 2.20. The van der Waals surface area contributed by atoms with Gasteiger partial charge in [-0.1, -0.05) is 0 Å². The van der Waals surface area contributed by atoms with Gasteiger partial charge in [-0.2, -0.15) is 0 Å². The van der Waals surface area contributed by atoms with Crippen LogP contribution in [0.5, 0.6) is 0 Å². The zero-order valence-electron chi connectivity index (χ0n) is 9.03. The minimum Gasteiger partial charge on any atom is -0.321 e. The fourth-order valence-electron chi connectivity index (χ4n) is 2.23. The second-order valence-electron chi connectivity index (χ2n) is 4.33. The predicted octanol–water partition coefficient (Wildman–Crippen LogP) is 0.0225. The number of nitrogens with zero attached hydrogens (tertiary/aromatic N) is 2. The molecular formula is C10H17N3O2. The predicted molar refractivity (Wildman–Crippen MR) is 55.4 cm³/mol. The summed E-state index contributed by atoms with van der Waals surface area (Å²) in [7, 11) is 2.09. The van der Waals surface area contributed by atoms with Gasteiger partial charge >= 0.3 is 6.03 Å². The Morgan fingerprint density at radius 1 is 1.20 bits per heavy atom. The number of hydrogen-bond acceptors (Lipinski definition) is 3. The van der Waals surface area contributed by atoms with Crippen LogP contribution in [0.25, 0.3) is 0 Å². The minimum absolute atomic E-state index is 0.149. The number of rotatable bonds is 1. The zero-order valence-corrected chi connectivity index (χ0v) is 9.03. The van der Waals surface area contributed by atoms with Crippen LogP contribution < -0.4 is 5.32 Å². The summed E-state index contributed by atoms with van der Waals surface area (Å²) < 4.78 is 0. The molecule has 2 fully saturated rings. The molecule has 2 aliphatic rings. The van der Waals surface area contributed by atoms with Gasteiger partial charge in [0.1, 0.15) is 0 Å². The quantitative estimate of drug-likeness (QED) is 0.665. The van der Waals surface area contributed by atoms with E-state index in [2.05, 4.69) is 17.3 Å². The van der Waals surface area contributed by atoms with Crippen LogP contribution in [0, 0.1) is 0 Å². The third-order valence-corrected chi connectivity index (χ3v) is 3.22. The molecule has 5 nitrogen and oxygen atoms in total. The number of carbonyl (C=O) groups excluding carboxylic acids is 2. The highest BCUT2D eigenvalue weighted by molar-refractivity contribution is 5.96. The molecule has 2 rings (SSSR count). The molecule has 0 radical (unpaired) electrons. The van der Waals surface area contributed by atoms with E-state index in [1.807, 2.05) is 4.90 Å². The largest absolute Gasteiger partial charge is 0.324 e. The van der Waals surface area contributed by atoms with Crippen LogP contribution >= 0.6 is 0 Å². The first kappa shape index (κ1) is 10.4. The molecule has 0 aromatic heterocycles. The van der Waals surface area contributed by atoms with Crippen molar-refractivity contribution in [2.75, 3.05) is 26.7 Å². The molecular weight excluding hydrogens is 194 g/mol. The summed E-state index contributed by atoms with van der Waals surface area (Å²) in [4.78, 5) is 26.6. The van der Waals surface area contributed by atoms with Crippen LogP contribution in [0.3, 0.4) is 0 Å². The van der Waals surface area contributed by atoms with Crippen LogP contribution in [0.2, 0.25) is 0 Å². The molecule has 5 heteroatoms. The van der Waals surface area contributed by atoms with Crippen LogP contribution in [-0.2, 0) is 4.79 Å². The van der Waals surface area contributed by atoms with Gasteiger partial charge in [0, 0.05) is 19.0 Å². The molecule has 3 amide bonds. The second kappa shape index (κ2) is 4.18. The molecule has 2 saturated heterocycles.